The third-order valence-corrected chi connectivity index (χ3v) is 3.57. The molecule has 2 rings (SSSR count). The number of hydrogen-bond acceptors (Lipinski definition) is 3. The zero-order chi connectivity index (χ0) is 11.6. The summed E-state index contributed by atoms with van der Waals surface area (Å²) in [5.74, 6) is 0. The van der Waals surface area contributed by atoms with Gasteiger partial charge in [0.15, 0.2) is 0 Å². The quantitative estimate of drug-likeness (QED) is 0.488. The van der Waals surface area contributed by atoms with Gasteiger partial charge in [-0.3, -0.25) is 0 Å². The Morgan fingerprint density at radius 3 is 2.62 bits per heavy atom. The minimum atomic E-state index is -0.416. The summed E-state index contributed by atoms with van der Waals surface area (Å²) < 4.78 is 0. The second-order valence-electron chi connectivity index (χ2n) is 4.18. The molecule has 0 amide bonds. The van der Waals surface area contributed by atoms with Crippen molar-refractivity contribution in [1.29, 1.82) is 0 Å². The lowest BCUT2D eigenvalue weighted by Crippen LogP contribution is -2.19. The highest BCUT2D eigenvalue weighted by molar-refractivity contribution is 6.33. The Kier molecular flexibility index (Phi) is 2.99. The number of carbonyl (C=O) groups excluding carboxylic acids is 1. The van der Waals surface area contributed by atoms with Crippen LogP contribution in [0.1, 0.15) is 31.2 Å². The van der Waals surface area contributed by atoms with E-state index in [-0.39, 0.29) is 0 Å². The third-order valence-electron chi connectivity index (χ3n) is 3.22. The Morgan fingerprint density at radius 2 is 2.06 bits per heavy atom. The highest BCUT2D eigenvalue weighted by Gasteiger charge is 2.35. The summed E-state index contributed by atoms with van der Waals surface area (Å²) >= 11 is 5.88. The van der Waals surface area contributed by atoms with E-state index in [0.29, 0.717) is 10.7 Å². The number of benzene rings is 1. The van der Waals surface area contributed by atoms with Gasteiger partial charge >= 0.3 is 0 Å². The normalized spacial score (nSPS) is 18.1. The van der Waals surface area contributed by atoms with E-state index in [9.17, 15) is 4.79 Å². The van der Waals surface area contributed by atoms with Crippen molar-refractivity contribution in [3.8, 4) is 0 Å². The maximum atomic E-state index is 10.5. The number of nitrogen functional groups attached to an aromatic ring is 1. The van der Waals surface area contributed by atoms with Gasteiger partial charge in [-0.25, -0.2) is 4.79 Å². The lowest BCUT2D eigenvalue weighted by molar-refractivity contribution is 0.456. The molecule has 0 bridgehead atoms. The first-order valence-electron chi connectivity index (χ1n) is 5.32. The lowest BCUT2D eigenvalue weighted by atomic mass is 9.89. The van der Waals surface area contributed by atoms with Crippen LogP contribution in [0, 0.1) is 0 Å². The van der Waals surface area contributed by atoms with Crippen LogP contribution in [-0.2, 0) is 10.3 Å². The number of halogens is 1. The molecule has 1 saturated carbocycles. The molecule has 4 heteroatoms. The molecule has 0 unspecified atom stereocenters. The first kappa shape index (κ1) is 11.2. The van der Waals surface area contributed by atoms with Gasteiger partial charge in [0.2, 0.25) is 6.08 Å². The van der Waals surface area contributed by atoms with Gasteiger partial charge in [-0.15, -0.1) is 0 Å². The second-order valence-corrected chi connectivity index (χ2v) is 4.59. The summed E-state index contributed by atoms with van der Waals surface area (Å²) in [4.78, 5) is 14.5. The van der Waals surface area contributed by atoms with Gasteiger partial charge in [0, 0.05) is 0 Å². The number of anilines is 1. The van der Waals surface area contributed by atoms with Crippen molar-refractivity contribution in [1.82, 2.24) is 0 Å². The van der Waals surface area contributed by atoms with E-state index in [2.05, 4.69) is 4.99 Å². The van der Waals surface area contributed by atoms with E-state index in [4.69, 9.17) is 17.3 Å². The van der Waals surface area contributed by atoms with Crippen molar-refractivity contribution in [2.24, 2.45) is 4.99 Å². The Labute approximate surface area is 99.3 Å². The Hall–Kier alpha value is -1.31. The average Bonchev–Trinajstić information content (AvgIpc) is 2.72. The number of nitrogens with two attached hydrogens (primary N) is 1. The van der Waals surface area contributed by atoms with E-state index < -0.39 is 5.54 Å². The van der Waals surface area contributed by atoms with Crippen LogP contribution in [-0.4, -0.2) is 6.08 Å². The average molecular weight is 237 g/mol. The molecular weight excluding hydrogens is 224 g/mol. The summed E-state index contributed by atoms with van der Waals surface area (Å²) in [6, 6.07) is 5.46. The molecule has 0 spiro atoms. The van der Waals surface area contributed by atoms with Crippen molar-refractivity contribution < 1.29 is 4.79 Å². The van der Waals surface area contributed by atoms with Crippen LogP contribution in [0.25, 0.3) is 0 Å². The third kappa shape index (κ3) is 1.84. The molecule has 1 aromatic carbocycles. The monoisotopic (exact) mass is 236 g/mol. The molecule has 3 nitrogen and oxygen atoms in total. The minimum Gasteiger partial charge on any atom is -0.398 e. The smallest absolute Gasteiger partial charge is 0.235 e. The van der Waals surface area contributed by atoms with Gasteiger partial charge in [0.25, 0.3) is 0 Å². The number of aliphatic imine (C=N–C) groups is 1. The fraction of sp³-hybridized carbons (Fsp3) is 0.417. The molecule has 0 saturated heterocycles. The summed E-state index contributed by atoms with van der Waals surface area (Å²) in [5.41, 5.74) is 6.86. The van der Waals surface area contributed by atoms with E-state index in [1.54, 1.807) is 12.1 Å². The largest absolute Gasteiger partial charge is 0.398 e. The number of rotatable bonds is 2. The standard InChI is InChI=1S/C12H13ClN2O/c13-10-4-3-9(7-11(10)14)12(15-8-16)5-1-2-6-12/h3-4,7H,1-2,5-6,14H2. The summed E-state index contributed by atoms with van der Waals surface area (Å²) in [6.45, 7) is 0. The SMILES string of the molecule is Nc1cc(C2(N=C=O)CCCC2)ccc1Cl. The van der Waals surface area contributed by atoms with E-state index in [1.165, 1.54) is 0 Å². The van der Waals surface area contributed by atoms with Crippen molar-refractivity contribution >= 4 is 23.4 Å². The first-order chi connectivity index (χ1) is 7.68. The van der Waals surface area contributed by atoms with Gasteiger partial charge in [-0.1, -0.05) is 30.5 Å². The maximum Gasteiger partial charge on any atom is 0.235 e. The highest BCUT2D eigenvalue weighted by atomic mass is 35.5. The van der Waals surface area contributed by atoms with Crippen LogP contribution in [0.4, 0.5) is 5.69 Å². The van der Waals surface area contributed by atoms with Crippen molar-refractivity contribution in [2.45, 2.75) is 31.2 Å². The first-order valence-corrected chi connectivity index (χ1v) is 5.70. The molecule has 2 N–H and O–H groups in total. The van der Waals surface area contributed by atoms with Crippen LogP contribution in [0.15, 0.2) is 23.2 Å². The molecule has 84 valence electrons. The van der Waals surface area contributed by atoms with Crippen molar-refractivity contribution in [3.05, 3.63) is 28.8 Å². The van der Waals surface area contributed by atoms with E-state index in [0.717, 1.165) is 31.2 Å². The molecule has 1 aliphatic rings. The molecule has 0 aromatic heterocycles. The Morgan fingerprint density at radius 1 is 1.38 bits per heavy atom. The fourth-order valence-corrected chi connectivity index (χ4v) is 2.46. The predicted octanol–water partition coefficient (Wildman–Crippen LogP) is 3.03. The van der Waals surface area contributed by atoms with Gasteiger partial charge < -0.3 is 5.73 Å². The summed E-state index contributed by atoms with van der Waals surface area (Å²) in [6.07, 6.45) is 5.59. The van der Waals surface area contributed by atoms with Gasteiger partial charge in [0.1, 0.15) is 0 Å². The molecule has 16 heavy (non-hydrogen) atoms. The molecule has 1 aromatic rings. The fourth-order valence-electron chi connectivity index (χ4n) is 2.35. The molecular formula is C12H13ClN2O. The zero-order valence-corrected chi connectivity index (χ0v) is 9.63. The predicted molar refractivity (Wildman–Crippen MR) is 64.1 cm³/mol. The minimum absolute atomic E-state index is 0.416. The molecule has 0 heterocycles. The van der Waals surface area contributed by atoms with Crippen LogP contribution in [0.2, 0.25) is 5.02 Å². The highest BCUT2D eigenvalue weighted by Crippen LogP contribution is 2.43. The van der Waals surface area contributed by atoms with Crippen LogP contribution in [0.5, 0.6) is 0 Å². The van der Waals surface area contributed by atoms with Crippen LogP contribution >= 0.6 is 11.6 Å². The van der Waals surface area contributed by atoms with Crippen LogP contribution < -0.4 is 5.73 Å². The lowest BCUT2D eigenvalue weighted by Gasteiger charge is -2.23. The number of nitrogens with zero attached hydrogens (tertiary/aromatic N) is 1. The van der Waals surface area contributed by atoms with Gasteiger partial charge in [0.05, 0.1) is 16.2 Å². The topological polar surface area (TPSA) is 55.4 Å². The van der Waals surface area contributed by atoms with Gasteiger partial charge in [-0.05, 0) is 30.5 Å². The number of isocyanates is 1. The van der Waals surface area contributed by atoms with Crippen LogP contribution in [0.3, 0.4) is 0 Å². The molecule has 1 aliphatic carbocycles. The van der Waals surface area contributed by atoms with E-state index >= 15 is 0 Å². The Balaban J connectivity index is 2.47. The molecule has 0 radical (unpaired) electrons. The molecule has 0 aliphatic heterocycles. The van der Waals surface area contributed by atoms with Gasteiger partial charge in [-0.2, -0.15) is 4.99 Å². The molecule has 1 fully saturated rings. The summed E-state index contributed by atoms with van der Waals surface area (Å²) in [7, 11) is 0. The van der Waals surface area contributed by atoms with Crippen molar-refractivity contribution in [2.75, 3.05) is 5.73 Å². The van der Waals surface area contributed by atoms with E-state index in [1.807, 2.05) is 12.1 Å². The summed E-state index contributed by atoms with van der Waals surface area (Å²) in [5, 5.41) is 0.534. The molecule has 0 atom stereocenters. The number of hydrogen-bond donors (Lipinski definition) is 1. The zero-order valence-electron chi connectivity index (χ0n) is 8.87. The second kappa shape index (κ2) is 4.28. The maximum absolute atomic E-state index is 10.5. The van der Waals surface area contributed by atoms with Crippen molar-refractivity contribution in [3.63, 3.8) is 0 Å². The Bertz CT molecular complexity index is 446.